The summed E-state index contributed by atoms with van der Waals surface area (Å²) in [4.78, 5) is 11.9. The smallest absolute Gasteiger partial charge is 0.237 e. The zero-order chi connectivity index (χ0) is 15.6. The van der Waals surface area contributed by atoms with Gasteiger partial charge in [0, 0.05) is 0 Å². The predicted molar refractivity (Wildman–Crippen MR) is 74.6 cm³/mol. The Morgan fingerprint density at radius 2 is 2.05 bits per heavy atom. The van der Waals surface area contributed by atoms with E-state index in [0.29, 0.717) is 4.34 Å². The lowest BCUT2D eigenvalue weighted by Gasteiger charge is -2.11. The molecule has 10 heteroatoms. The van der Waals surface area contributed by atoms with Crippen molar-refractivity contribution in [1.29, 1.82) is 0 Å². The van der Waals surface area contributed by atoms with Gasteiger partial charge in [-0.05, 0) is 19.1 Å². The summed E-state index contributed by atoms with van der Waals surface area (Å²) < 4.78 is 39.8. The molecule has 0 fully saturated rings. The highest BCUT2D eigenvalue weighted by Crippen LogP contribution is 2.28. The number of nitrogen functional groups attached to an aromatic ring is 1. The van der Waals surface area contributed by atoms with Gasteiger partial charge in [0.05, 0.1) is 10.9 Å². The number of aromatic nitrogens is 2. The Hall–Kier alpha value is -1.81. The van der Waals surface area contributed by atoms with E-state index < -0.39 is 34.3 Å². The van der Waals surface area contributed by atoms with Crippen LogP contribution in [0.1, 0.15) is 6.92 Å². The normalized spacial score (nSPS) is 12.2. The summed E-state index contributed by atoms with van der Waals surface area (Å²) >= 11 is 2.17. The minimum atomic E-state index is -1.63. The molecule has 0 spiro atoms. The number of thioether (sulfide) groups is 1. The SMILES string of the molecule is CC(Sc1nnc(N)s1)C(=O)Nc1ccc(F)c(F)c1F. The number of carbonyl (C=O) groups excluding carboxylic acids is 1. The average molecular weight is 334 g/mol. The van der Waals surface area contributed by atoms with Crippen molar-refractivity contribution in [2.75, 3.05) is 11.1 Å². The van der Waals surface area contributed by atoms with Crippen LogP contribution in [-0.2, 0) is 4.79 Å². The highest BCUT2D eigenvalue weighted by Gasteiger charge is 2.20. The summed E-state index contributed by atoms with van der Waals surface area (Å²) in [5.41, 5.74) is 4.98. The van der Waals surface area contributed by atoms with Gasteiger partial charge in [-0.1, -0.05) is 23.1 Å². The Kier molecular flexibility index (Phi) is 4.68. The summed E-state index contributed by atoms with van der Waals surface area (Å²) in [6.45, 7) is 1.55. The zero-order valence-corrected chi connectivity index (χ0v) is 12.2. The zero-order valence-electron chi connectivity index (χ0n) is 10.6. The molecular weight excluding hydrogens is 325 g/mol. The molecule has 112 valence electrons. The number of halogens is 3. The molecule has 3 N–H and O–H groups in total. The molecule has 0 saturated carbocycles. The Bertz CT molecular complexity index is 679. The first-order valence-electron chi connectivity index (χ1n) is 5.58. The predicted octanol–water partition coefficient (Wildman–Crippen LogP) is 2.66. The molecule has 1 aromatic heterocycles. The molecule has 1 atom stereocenters. The summed E-state index contributed by atoms with van der Waals surface area (Å²) in [7, 11) is 0. The summed E-state index contributed by atoms with van der Waals surface area (Å²) in [5, 5.41) is 9.12. The Labute approximate surface area is 125 Å². The Balaban J connectivity index is 2.05. The third kappa shape index (κ3) is 3.64. The number of nitrogens with one attached hydrogen (secondary N) is 1. The molecule has 1 amide bonds. The summed E-state index contributed by atoms with van der Waals surface area (Å²) in [6, 6.07) is 1.68. The van der Waals surface area contributed by atoms with Crippen molar-refractivity contribution >= 4 is 39.8 Å². The lowest BCUT2D eigenvalue weighted by molar-refractivity contribution is -0.115. The maximum absolute atomic E-state index is 13.4. The Morgan fingerprint density at radius 3 is 2.67 bits per heavy atom. The minimum Gasteiger partial charge on any atom is -0.374 e. The van der Waals surface area contributed by atoms with Gasteiger partial charge in [-0.25, -0.2) is 13.2 Å². The van der Waals surface area contributed by atoms with Crippen LogP contribution in [0.5, 0.6) is 0 Å². The second kappa shape index (κ2) is 6.31. The van der Waals surface area contributed by atoms with E-state index in [1.54, 1.807) is 6.92 Å². The molecule has 2 aromatic rings. The number of amides is 1. The second-order valence-corrected chi connectivity index (χ2v) is 6.48. The first-order chi connectivity index (χ1) is 9.88. The van der Waals surface area contributed by atoms with Gasteiger partial charge >= 0.3 is 0 Å². The largest absolute Gasteiger partial charge is 0.374 e. The highest BCUT2D eigenvalue weighted by molar-refractivity contribution is 8.02. The van der Waals surface area contributed by atoms with Crippen molar-refractivity contribution in [1.82, 2.24) is 10.2 Å². The second-order valence-electron chi connectivity index (χ2n) is 3.88. The fourth-order valence-electron chi connectivity index (χ4n) is 1.33. The van der Waals surface area contributed by atoms with Gasteiger partial charge < -0.3 is 11.1 Å². The number of carbonyl (C=O) groups is 1. The quantitative estimate of drug-likeness (QED) is 0.664. The first kappa shape index (κ1) is 15.6. The molecule has 0 aliphatic heterocycles. The molecule has 0 bridgehead atoms. The van der Waals surface area contributed by atoms with Crippen molar-refractivity contribution in [2.45, 2.75) is 16.5 Å². The van der Waals surface area contributed by atoms with E-state index in [0.717, 1.165) is 35.2 Å². The first-order valence-corrected chi connectivity index (χ1v) is 7.28. The standard InChI is InChI=1S/C11H9F3N4OS2/c1-4(20-11-18-17-10(15)21-11)9(19)16-6-3-2-5(12)7(13)8(6)14/h2-4H,1H3,(H2,15,17)(H,16,19). The van der Waals surface area contributed by atoms with Gasteiger partial charge in [0.2, 0.25) is 11.0 Å². The number of hydrogen-bond donors (Lipinski definition) is 2. The van der Waals surface area contributed by atoms with Gasteiger partial charge in [-0.3, -0.25) is 4.79 Å². The molecule has 0 saturated heterocycles. The molecule has 0 radical (unpaired) electrons. The van der Waals surface area contributed by atoms with Gasteiger partial charge in [0.15, 0.2) is 21.8 Å². The van der Waals surface area contributed by atoms with Crippen LogP contribution in [0, 0.1) is 17.5 Å². The number of hydrogen-bond acceptors (Lipinski definition) is 6. The molecule has 0 aliphatic rings. The minimum absolute atomic E-state index is 0.261. The van der Waals surface area contributed by atoms with Crippen LogP contribution in [0.3, 0.4) is 0 Å². The number of benzene rings is 1. The van der Waals surface area contributed by atoms with Crippen LogP contribution in [0.2, 0.25) is 0 Å². The van der Waals surface area contributed by atoms with Crippen molar-refractivity contribution in [3.63, 3.8) is 0 Å². The van der Waals surface area contributed by atoms with Crippen molar-refractivity contribution in [3.05, 3.63) is 29.6 Å². The van der Waals surface area contributed by atoms with E-state index in [1.165, 1.54) is 0 Å². The van der Waals surface area contributed by atoms with Crippen molar-refractivity contribution in [2.24, 2.45) is 0 Å². The van der Waals surface area contributed by atoms with Crippen LogP contribution in [0.25, 0.3) is 0 Å². The molecule has 5 nitrogen and oxygen atoms in total. The number of nitrogens with two attached hydrogens (primary N) is 1. The lowest BCUT2D eigenvalue weighted by Crippen LogP contribution is -2.23. The number of anilines is 2. The van der Waals surface area contributed by atoms with E-state index in [2.05, 4.69) is 15.5 Å². The third-order valence-corrected chi connectivity index (χ3v) is 4.30. The van der Waals surface area contributed by atoms with Crippen LogP contribution < -0.4 is 11.1 Å². The maximum atomic E-state index is 13.4. The average Bonchev–Trinajstić information content (AvgIpc) is 2.84. The van der Waals surface area contributed by atoms with Crippen molar-refractivity contribution in [3.8, 4) is 0 Å². The van der Waals surface area contributed by atoms with Crippen molar-refractivity contribution < 1.29 is 18.0 Å². The molecule has 21 heavy (non-hydrogen) atoms. The van der Waals surface area contributed by atoms with E-state index in [1.807, 2.05) is 0 Å². The molecule has 0 aliphatic carbocycles. The molecule has 1 heterocycles. The topological polar surface area (TPSA) is 80.9 Å². The fraction of sp³-hybridized carbons (Fsp3) is 0.182. The van der Waals surface area contributed by atoms with Crippen LogP contribution in [-0.4, -0.2) is 21.4 Å². The van der Waals surface area contributed by atoms with Crippen LogP contribution in [0.15, 0.2) is 16.5 Å². The van der Waals surface area contributed by atoms with E-state index >= 15 is 0 Å². The van der Waals surface area contributed by atoms with Gasteiger partial charge in [0.25, 0.3) is 0 Å². The number of nitrogens with zero attached hydrogens (tertiary/aromatic N) is 2. The van der Waals surface area contributed by atoms with E-state index in [9.17, 15) is 18.0 Å². The van der Waals surface area contributed by atoms with Gasteiger partial charge in [0.1, 0.15) is 0 Å². The summed E-state index contributed by atoms with van der Waals surface area (Å²) in [6.07, 6.45) is 0. The highest BCUT2D eigenvalue weighted by atomic mass is 32.2. The summed E-state index contributed by atoms with van der Waals surface area (Å²) in [5.74, 6) is -4.98. The molecule has 1 unspecified atom stereocenters. The number of rotatable bonds is 4. The lowest BCUT2D eigenvalue weighted by atomic mass is 10.2. The molecule has 1 aromatic carbocycles. The monoisotopic (exact) mass is 334 g/mol. The van der Waals surface area contributed by atoms with Crippen LogP contribution >= 0.6 is 23.1 Å². The van der Waals surface area contributed by atoms with E-state index in [-0.39, 0.29) is 5.13 Å². The third-order valence-electron chi connectivity index (χ3n) is 2.36. The van der Waals surface area contributed by atoms with E-state index in [4.69, 9.17) is 5.73 Å². The maximum Gasteiger partial charge on any atom is 0.237 e. The van der Waals surface area contributed by atoms with Gasteiger partial charge in [-0.2, -0.15) is 0 Å². The molecule has 2 rings (SSSR count). The Morgan fingerprint density at radius 1 is 1.33 bits per heavy atom. The molecular formula is C11H9F3N4OS2. The van der Waals surface area contributed by atoms with Gasteiger partial charge in [-0.15, -0.1) is 10.2 Å². The van der Waals surface area contributed by atoms with Crippen LogP contribution in [0.4, 0.5) is 24.0 Å². The fourth-order valence-corrected chi connectivity index (χ4v) is 3.11.